The van der Waals surface area contributed by atoms with E-state index < -0.39 is 6.10 Å². The number of aliphatic hydroxyl groups excluding tert-OH is 1. The van der Waals surface area contributed by atoms with Gasteiger partial charge in [0.1, 0.15) is 11.9 Å². The second-order valence-electron chi connectivity index (χ2n) is 3.15. The van der Waals surface area contributed by atoms with Gasteiger partial charge in [0.05, 0.1) is 12.9 Å². The van der Waals surface area contributed by atoms with Crippen molar-refractivity contribution in [1.82, 2.24) is 0 Å². The van der Waals surface area contributed by atoms with Crippen molar-refractivity contribution in [3.8, 4) is 0 Å². The first-order valence-electron chi connectivity index (χ1n) is 4.53. The van der Waals surface area contributed by atoms with E-state index in [1.807, 2.05) is 6.08 Å². The Morgan fingerprint density at radius 2 is 2.36 bits per heavy atom. The molecule has 0 aliphatic carbocycles. The fourth-order valence-electron chi connectivity index (χ4n) is 1.42. The molecular weight excluding hydrogens is 204 g/mol. The molecule has 1 aromatic rings. The topological polar surface area (TPSA) is 42.6 Å². The van der Waals surface area contributed by atoms with Gasteiger partial charge >= 0.3 is 0 Å². The van der Waals surface area contributed by atoms with Gasteiger partial charge in [0.2, 0.25) is 0 Å². The lowest BCUT2D eigenvalue weighted by Crippen LogP contribution is -2.09. The SMILES string of the molecule is OC(C1=CCCCO1)c1ccoc1Cl. The Kier molecular flexibility index (Phi) is 2.79. The van der Waals surface area contributed by atoms with Crippen LogP contribution in [0.25, 0.3) is 0 Å². The fraction of sp³-hybridized carbons (Fsp3) is 0.400. The molecule has 76 valence electrons. The van der Waals surface area contributed by atoms with Gasteiger partial charge in [-0.1, -0.05) is 0 Å². The van der Waals surface area contributed by atoms with Crippen molar-refractivity contribution in [3.05, 3.63) is 34.9 Å². The van der Waals surface area contributed by atoms with Gasteiger partial charge in [-0.3, -0.25) is 0 Å². The minimum Gasteiger partial charge on any atom is -0.495 e. The zero-order chi connectivity index (χ0) is 9.97. The summed E-state index contributed by atoms with van der Waals surface area (Å²) in [5, 5.41) is 10.1. The van der Waals surface area contributed by atoms with E-state index in [2.05, 4.69) is 0 Å². The van der Waals surface area contributed by atoms with Crippen LogP contribution in [0.2, 0.25) is 5.22 Å². The Bertz CT molecular complexity index is 343. The molecule has 1 aliphatic rings. The Labute approximate surface area is 86.9 Å². The molecule has 1 atom stereocenters. The van der Waals surface area contributed by atoms with E-state index in [1.165, 1.54) is 6.26 Å². The summed E-state index contributed by atoms with van der Waals surface area (Å²) in [4.78, 5) is 0. The third-order valence-electron chi connectivity index (χ3n) is 2.17. The van der Waals surface area contributed by atoms with Gasteiger partial charge < -0.3 is 14.3 Å². The highest BCUT2D eigenvalue weighted by molar-refractivity contribution is 6.29. The Morgan fingerprint density at radius 3 is 2.93 bits per heavy atom. The number of hydrogen-bond donors (Lipinski definition) is 1. The number of ether oxygens (including phenoxy) is 1. The maximum absolute atomic E-state index is 9.88. The Morgan fingerprint density at radius 1 is 1.50 bits per heavy atom. The third-order valence-corrected chi connectivity index (χ3v) is 2.48. The molecule has 1 N–H and O–H groups in total. The van der Waals surface area contributed by atoms with Gasteiger partial charge in [-0.15, -0.1) is 0 Å². The highest BCUT2D eigenvalue weighted by atomic mass is 35.5. The number of rotatable bonds is 2. The number of halogens is 1. The standard InChI is InChI=1S/C10H11ClO3/c11-10-7(4-6-14-10)9(12)8-3-1-2-5-13-8/h3-4,6,9,12H,1-2,5H2. The molecule has 1 aliphatic heterocycles. The van der Waals surface area contributed by atoms with Gasteiger partial charge in [-0.05, 0) is 36.6 Å². The highest BCUT2D eigenvalue weighted by Crippen LogP contribution is 2.31. The van der Waals surface area contributed by atoms with Crippen molar-refractivity contribution in [1.29, 1.82) is 0 Å². The van der Waals surface area contributed by atoms with Crippen LogP contribution in [0, 0.1) is 0 Å². The first kappa shape index (κ1) is 9.62. The predicted octanol–water partition coefficient (Wildman–Crippen LogP) is 2.66. The zero-order valence-electron chi connectivity index (χ0n) is 7.57. The molecule has 0 fully saturated rings. The van der Waals surface area contributed by atoms with Gasteiger partial charge in [0.15, 0.2) is 5.22 Å². The number of furan rings is 1. The van der Waals surface area contributed by atoms with E-state index in [1.54, 1.807) is 6.07 Å². The number of hydrogen-bond acceptors (Lipinski definition) is 3. The van der Waals surface area contributed by atoms with Crippen LogP contribution in [-0.2, 0) is 4.74 Å². The molecule has 1 unspecified atom stereocenters. The second kappa shape index (κ2) is 4.07. The van der Waals surface area contributed by atoms with Gasteiger partial charge in [-0.25, -0.2) is 0 Å². The molecule has 0 radical (unpaired) electrons. The molecule has 0 bridgehead atoms. The van der Waals surface area contributed by atoms with Crippen molar-refractivity contribution in [2.75, 3.05) is 6.61 Å². The number of allylic oxidation sites excluding steroid dienone is 1. The van der Waals surface area contributed by atoms with E-state index in [0.717, 1.165) is 12.8 Å². The molecule has 2 rings (SSSR count). The summed E-state index contributed by atoms with van der Waals surface area (Å²) in [6.45, 7) is 0.651. The van der Waals surface area contributed by atoms with Crippen LogP contribution in [0.15, 0.2) is 28.6 Å². The minimum absolute atomic E-state index is 0.215. The predicted molar refractivity (Wildman–Crippen MR) is 51.9 cm³/mol. The second-order valence-corrected chi connectivity index (χ2v) is 3.49. The average Bonchev–Trinajstić information content (AvgIpc) is 2.65. The van der Waals surface area contributed by atoms with Crippen molar-refractivity contribution in [2.24, 2.45) is 0 Å². The van der Waals surface area contributed by atoms with E-state index in [0.29, 0.717) is 17.9 Å². The lowest BCUT2D eigenvalue weighted by molar-refractivity contribution is 0.0915. The van der Waals surface area contributed by atoms with E-state index in [-0.39, 0.29) is 5.22 Å². The summed E-state index contributed by atoms with van der Waals surface area (Å²) in [5.74, 6) is 0.569. The normalized spacial score (nSPS) is 18.6. The fourth-order valence-corrected chi connectivity index (χ4v) is 1.64. The first-order chi connectivity index (χ1) is 6.79. The smallest absolute Gasteiger partial charge is 0.199 e. The molecule has 4 heteroatoms. The van der Waals surface area contributed by atoms with Crippen LogP contribution in [0.3, 0.4) is 0 Å². The molecule has 1 aromatic heterocycles. The molecular formula is C10H11ClO3. The molecule has 14 heavy (non-hydrogen) atoms. The molecule has 0 spiro atoms. The molecule has 3 nitrogen and oxygen atoms in total. The lowest BCUT2D eigenvalue weighted by atomic mass is 10.1. The molecule has 0 saturated heterocycles. The van der Waals surface area contributed by atoms with Crippen LogP contribution in [0.1, 0.15) is 24.5 Å². The monoisotopic (exact) mass is 214 g/mol. The number of aliphatic hydroxyl groups is 1. The lowest BCUT2D eigenvalue weighted by Gasteiger charge is -2.18. The summed E-state index contributed by atoms with van der Waals surface area (Å²) in [6, 6.07) is 1.64. The van der Waals surface area contributed by atoms with Gasteiger partial charge in [0.25, 0.3) is 0 Å². The molecule has 0 saturated carbocycles. The zero-order valence-corrected chi connectivity index (χ0v) is 8.33. The molecule has 2 heterocycles. The summed E-state index contributed by atoms with van der Waals surface area (Å²) >= 11 is 5.74. The summed E-state index contributed by atoms with van der Waals surface area (Å²) in [6.07, 6.45) is 4.46. The van der Waals surface area contributed by atoms with Crippen LogP contribution in [0.5, 0.6) is 0 Å². The van der Waals surface area contributed by atoms with Crippen molar-refractivity contribution in [2.45, 2.75) is 18.9 Å². The largest absolute Gasteiger partial charge is 0.495 e. The van der Waals surface area contributed by atoms with Crippen LogP contribution < -0.4 is 0 Å². The maximum Gasteiger partial charge on any atom is 0.199 e. The van der Waals surface area contributed by atoms with E-state index in [9.17, 15) is 5.11 Å². The van der Waals surface area contributed by atoms with Crippen LogP contribution >= 0.6 is 11.6 Å². The van der Waals surface area contributed by atoms with Gasteiger partial charge in [-0.2, -0.15) is 0 Å². The third kappa shape index (κ3) is 1.79. The Balaban J connectivity index is 2.19. The molecule has 0 aromatic carbocycles. The van der Waals surface area contributed by atoms with Crippen molar-refractivity contribution < 1.29 is 14.3 Å². The van der Waals surface area contributed by atoms with Crippen LogP contribution in [0.4, 0.5) is 0 Å². The van der Waals surface area contributed by atoms with E-state index in [4.69, 9.17) is 20.8 Å². The maximum atomic E-state index is 9.88. The highest BCUT2D eigenvalue weighted by Gasteiger charge is 2.21. The van der Waals surface area contributed by atoms with Crippen LogP contribution in [-0.4, -0.2) is 11.7 Å². The van der Waals surface area contributed by atoms with Crippen molar-refractivity contribution >= 4 is 11.6 Å². The minimum atomic E-state index is -0.804. The molecule has 0 amide bonds. The van der Waals surface area contributed by atoms with E-state index >= 15 is 0 Å². The summed E-state index contributed by atoms with van der Waals surface area (Å²) in [7, 11) is 0. The summed E-state index contributed by atoms with van der Waals surface area (Å²) in [5.41, 5.74) is 0.555. The van der Waals surface area contributed by atoms with Gasteiger partial charge in [0, 0.05) is 5.56 Å². The Hall–Kier alpha value is -0.930. The average molecular weight is 215 g/mol. The summed E-state index contributed by atoms with van der Waals surface area (Å²) < 4.78 is 10.2. The quantitative estimate of drug-likeness (QED) is 0.823. The van der Waals surface area contributed by atoms with Crippen molar-refractivity contribution in [3.63, 3.8) is 0 Å². The first-order valence-corrected chi connectivity index (χ1v) is 4.90.